The first-order valence-electron chi connectivity index (χ1n) is 7.09. The molecule has 0 radical (unpaired) electrons. The zero-order valence-electron chi connectivity index (χ0n) is 12.5. The molecule has 0 spiro atoms. The quantitative estimate of drug-likeness (QED) is 0.502. The molecule has 23 heavy (non-hydrogen) atoms. The molecule has 1 heterocycles. The summed E-state index contributed by atoms with van der Waals surface area (Å²) >= 11 is 7.40. The number of ether oxygens (including phenoxy) is 1. The van der Waals surface area contributed by atoms with Crippen LogP contribution in [0.3, 0.4) is 0 Å². The smallest absolute Gasteiger partial charge is 0.214 e. The van der Waals surface area contributed by atoms with Gasteiger partial charge in [-0.3, -0.25) is 0 Å². The summed E-state index contributed by atoms with van der Waals surface area (Å²) in [7, 11) is 0. The van der Waals surface area contributed by atoms with E-state index < -0.39 is 0 Å². The highest BCUT2D eigenvalue weighted by Gasteiger charge is 2.09. The van der Waals surface area contributed by atoms with E-state index in [0.29, 0.717) is 11.6 Å². The van der Waals surface area contributed by atoms with Crippen molar-refractivity contribution < 1.29 is 4.74 Å². The van der Waals surface area contributed by atoms with Gasteiger partial charge in [-0.1, -0.05) is 35.5 Å². The van der Waals surface area contributed by atoms with Crippen LogP contribution in [0, 0.1) is 6.92 Å². The van der Waals surface area contributed by atoms with Crippen molar-refractivity contribution in [3.8, 4) is 11.4 Å². The van der Waals surface area contributed by atoms with Gasteiger partial charge in [0.15, 0.2) is 0 Å². The maximum Gasteiger partial charge on any atom is 0.214 e. The molecule has 3 aromatic rings. The summed E-state index contributed by atoms with van der Waals surface area (Å²) < 4.78 is 7.40. The minimum absolute atomic E-state index is 0.562. The molecule has 2 aromatic carbocycles. The Morgan fingerprint density at radius 1 is 1.17 bits per heavy atom. The number of tetrazole rings is 1. The van der Waals surface area contributed by atoms with E-state index >= 15 is 0 Å². The van der Waals surface area contributed by atoms with Crippen LogP contribution in [-0.2, 0) is 0 Å². The number of benzene rings is 2. The topological polar surface area (TPSA) is 52.8 Å². The fourth-order valence-corrected chi connectivity index (χ4v) is 2.85. The van der Waals surface area contributed by atoms with Crippen LogP contribution in [0.25, 0.3) is 5.69 Å². The number of aryl methyl sites for hydroxylation is 1. The van der Waals surface area contributed by atoms with Gasteiger partial charge in [-0.15, -0.1) is 5.10 Å². The monoisotopic (exact) mass is 346 g/mol. The number of hydrogen-bond acceptors (Lipinski definition) is 5. The van der Waals surface area contributed by atoms with Crippen LogP contribution >= 0.6 is 23.4 Å². The van der Waals surface area contributed by atoms with Gasteiger partial charge in [-0.05, 0) is 59.3 Å². The van der Waals surface area contributed by atoms with E-state index in [9.17, 15) is 0 Å². The molecule has 0 saturated heterocycles. The summed E-state index contributed by atoms with van der Waals surface area (Å²) in [4.78, 5) is 0. The van der Waals surface area contributed by atoms with Crippen molar-refractivity contribution in [2.45, 2.75) is 12.1 Å². The number of aromatic nitrogens is 4. The molecule has 0 atom stereocenters. The Morgan fingerprint density at radius 2 is 2.00 bits per heavy atom. The average molecular weight is 347 g/mol. The molecule has 0 N–H and O–H groups in total. The Labute approximate surface area is 143 Å². The van der Waals surface area contributed by atoms with Gasteiger partial charge in [0.25, 0.3) is 0 Å². The molecule has 0 saturated carbocycles. The van der Waals surface area contributed by atoms with Crippen LogP contribution in [0.4, 0.5) is 0 Å². The number of halogens is 1. The van der Waals surface area contributed by atoms with E-state index in [1.165, 1.54) is 5.56 Å². The van der Waals surface area contributed by atoms with Crippen LogP contribution in [0.15, 0.2) is 53.7 Å². The van der Waals surface area contributed by atoms with Crippen molar-refractivity contribution in [2.24, 2.45) is 0 Å². The molecule has 7 heteroatoms. The van der Waals surface area contributed by atoms with Gasteiger partial charge in [0.1, 0.15) is 5.75 Å². The highest BCUT2D eigenvalue weighted by Crippen LogP contribution is 2.20. The van der Waals surface area contributed by atoms with Gasteiger partial charge in [-0.25, -0.2) is 0 Å². The number of thioether (sulfide) groups is 1. The van der Waals surface area contributed by atoms with Crippen LogP contribution < -0.4 is 4.74 Å². The molecule has 5 nitrogen and oxygen atoms in total. The summed E-state index contributed by atoms with van der Waals surface area (Å²) in [5.74, 6) is 1.54. The Balaban J connectivity index is 1.57. The Bertz CT molecular complexity index is 776. The van der Waals surface area contributed by atoms with Gasteiger partial charge in [-0.2, -0.15) is 4.68 Å². The summed E-state index contributed by atoms with van der Waals surface area (Å²) in [6.45, 7) is 2.60. The van der Waals surface area contributed by atoms with E-state index in [-0.39, 0.29) is 0 Å². The first kappa shape index (κ1) is 15.8. The SMILES string of the molecule is Cc1cccc(-n2nnnc2SCCOc2ccc(Cl)cc2)c1. The van der Waals surface area contributed by atoms with Crippen molar-refractivity contribution in [2.75, 3.05) is 12.4 Å². The van der Waals surface area contributed by atoms with E-state index in [1.807, 2.05) is 55.5 Å². The first-order chi connectivity index (χ1) is 11.2. The molecular weight excluding hydrogens is 332 g/mol. The van der Waals surface area contributed by atoms with Gasteiger partial charge >= 0.3 is 0 Å². The first-order valence-corrected chi connectivity index (χ1v) is 8.45. The molecule has 0 aliphatic heterocycles. The molecule has 118 valence electrons. The Kier molecular flexibility index (Phi) is 5.15. The van der Waals surface area contributed by atoms with Crippen molar-refractivity contribution in [1.29, 1.82) is 0 Å². The predicted octanol–water partition coefficient (Wildman–Crippen LogP) is 3.80. The number of rotatable bonds is 6. The van der Waals surface area contributed by atoms with E-state index in [4.69, 9.17) is 16.3 Å². The number of nitrogens with zero attached hydrogens (tertiary/aromatic N) is 4. The fourth-order valence-electron chi connectivity index (χ4n) is 2.01. The van der Waals surface area contributed by atoms with Crippen LogP contribution in [-0.4, -0.2) is 32.6 Å². The summed E-state index contributed by atoms with van der Waals surface area (Å²) in [6, 6.07) is 15.4. The maximum atomic E-state index is 5.84. The minimum Gasteiger partial charge on any atom is -0.493 e. The lowest BCUT2D eigenvalue weighted by Crippen LogP contribution is -2.03. The third kappa shape index (κ3) is 4.24. The van der Waals surface area contributed by atoms with E-state index in [2.05, 4.69) is 15.5 Å². The highest BCUT2D eigenvalue weighted by atomic mass is 35.5. The minimum atomic E-state index is 0.562. The van der Waals surface area contributed by atoms with Gasteiger partial charge in [0, 0.05) is 10.8 Å². The molecule has 0 amide bonds. The average Bonchev–Trinajstić information content (AvgIpc) is 3.02. The van der Waals surface area contributed by atoms with Crippen molar-refractivity contribution in [1.82, 2.24) is 20.2 Å². The molecule has 0 unspecified atom stereocenters. The normalized spacial score (nSPS) is 10.7. The second kappa shape index (κ2) is 7.48. The predicted molar refractivity (Wildman–Crippen MR) is 91.6 cm³/mol. The molecule has 1 aromatic heterocycles. The van der Waals surface area contributed by atoms with Crippen molar-refractivity contribution in [3.05, 3.63) is 59.1 Å². The summed E-state index contributed by atoms with van der Waals surface area (Å²) in [6.07, 6.45) is 0. The van der Waals surface area contributed by atoms with Crippen LogP contribution in [0.5, 0.6) is 5.75 Å². The standard InChI is InChI=1S/C16H15ClN4OS/c1-12-3-2-4-14(11-12)21-16(18-19-20-21)23-10-9-22-15-7-5-13(17)6-8-15/h2-8,11H,9-10H2,1H3. The molecule has 0 aliphatic carbocycles. The maximum absolute atomic E-state index is 5.84. The second-order valence-electron chi connectivity index (χ2n) is 4.86. The van der Waals surface area contributed by atoms with Gasteiger partial charge < -0.3 is 4.74 Å². The summed E-state index contributed by atoms with van der Waals surface area (Å²) in [5, 5.41) is 13.3. The largest absolute Gasteiger partial charge is 0.493 e. The fraction of sp³-hybridized carbons (Fsp3) is 0.188. The third-order valence-electron chi connectivity index (χ3n) is 3.08. The van der Waals surface area contributed by atoms with Gasteiger partial charge in [0.05, 0.1) is 12.3 Å². The van der Waals surface area contributed by atoms with E-state index in [1.54, 1.807) is 16.4 Å². The molecule has 3 rings (SSSR count). The molecule has 0 bridgehead atoms. The molecule has 0 aliphatic rings. The van der Waals surface area contributed by atoms with Crippen LogP contribution in [0.2, 0.25) is 5.02 Å². The van der Waals surface area contributed by atoms with Gasteiger partial charge in [0.2, 0.25) is 5.16 Å². The highest BCUT2D eigenvalue weighted by molar-refractivity contribution is 7.99. The van der Waals surface area contributed by atoms with Crippen molar-refractivity contribution in [3.63, 3.8) is 0 Å². The zero-order valence-corrected chi connectivity index (χ0v) is 14.1. The lowest BCUT2D eigenvalue weighted by molar-refractivity contribution is 0.344. The zero-order chi connectivity index (χ0) is 16.1. The third-order valence-corrected chi connectivity index (χ3v) is 4.22. The lowest BCUT2D eigenvalue weighted by Gasteiger charge is -2.07. The lowest BCUT2D eigenvalue weighted by atomic mass is 10.2. The number of hydrogen-bond donors (Lipinski definition) is 0. The molecular formula is C16H15ClN4OS. The van der Waals surface area contributed by atoms with E-state index in [0.717, 1.165) is 22.3 Å². The van der Waals surface area contributed by atoms with Crippen LogP contribution in [0.1, 0.15) is 5.56 Å². The Hall–Kier alpha value is -2.05. The summed E-state index contributed by atoms with van der Waals surface area (Å²) in [5.41, 5.74) is 2.12. The molecule has 0 fully saturated rings. The second-order valence-corrected chi connectivity index (χ2v) is 6.36. The van der Waals surface area contributed by atoms with Crippen molar-refractivity contribution >= 4 is 23.4 Å². The Morgan fingerprint density at radius 3 is 2.78 bits per heavy atom.